The molecule has 0 saturated heterocycles. The van der Waals surface area contributed by atoms with Crippen molar-refractivity contribution in [3.63, 3.8) is 0 Å². The minimum atomic E-state index is -0.0308. The normalized spacial score (nSPS) is 17.6. The van der Waals surface area contributed by atoms with Gasteiger partial charge < -0.3 is 14.4 Å². The van der Waals surface area contributed by atoms with Crippen molar-refractivity contribution in [2.45, 2.75) is 17.3 Å². The Bertz CT molecular complexity index is 582. The summed E-state index contributed by atoms with van der Waals surface area (Å²) < 4.78 is 11.4. The first-order valence-electron chi connectivity index (χ1n) is 7.06. The number of benzene rings is 1. The molecule has 0 aromatic heterocycles. The van der Waals surface area contributed by atoms with Gasteiger partial charge in [-0.3, -0.25) is 4.79 Å². The van der Waals surface area contributed by atoms with E-state index in [1.165, 1.54) is 0 Å². The molecule has 123 valence electrons. The standard InChI is InChI=1S/C16H18BrINO3.Y/c1-3-19-15(7-6-14(18)16(19)20)12-5-4-11(10-13(12)17)22-9-8-21-2;/h4-5,10,14H,3,6,8-9H2,1-2H3;/q-1;. The summed E-state index contributed by atoms with van der Waals surface area (Å²) in [6.45, 7) is 3.67. The number of ether oxygens (including phenoxy) is 2. The molecule has 1 radical (unpaired) electrons. The van der Waals surface area contributed by atoms with Crippen molar-refractivity contribution < 1.29 is 47.0 Å². The molecular weight excluding hydrogens is 550 g/mol. The summed E-state index contributed by atoms with van der Waals surface area (Å²) in [5, 5.41) is 0. The van der Waals surface area contributed by atoms with Gasteiger partial charge in [0.1, 0.15) is 12.4 Å². The smallest absolute Gasteiger partial charge is 0.235 e. The van der Waals surface area contributed by atoms with Crippen LogP contribution in [0.5, 0.6) is 5.75 Å². The van der Waals surface area contributed by atoms with E-state index in [2.05, 4.69) is 44.6 Å². The molecule has 4 nitrogen and oxygen atoms in total. The maximum Gasteiger partial charge on any atom is 0.235 e. The van der Waals surface area contributed by atoms with Gasteiger partial charge in [-0.15, -0.1) is 17.3 Å². The summed E-state index contributed by atoms with van der Waals surface area (Å²) in [5.41, 5.74) is 1.80. The van der Waals surface area contributed by atoms with Crippen molar-refractivity contribution in [2.24, 2.45) is 0 Å². The molecule has 1 unspecified atom stereocenters. The van der Waals surface area contributed by atoms with Gasteiger partial charge in [-0.2, -0.15) is 0 Å². The van der Waals surface area contributed by atoms with E-state index in [1.54, 1.807) is 12.0 Å². The van der Waals surface area contributed by atoms with Crippen LogP contribution in [0.4, 0.5) is 0 Å². The molecule has 1 aromatic carbocycles. The zero-order chi connectivity index (χ0) is 16.1. The van der Waals surface area contributed by atoms with E-state index in [0.29, 0.717) is 26.2 Å². The number of amides is 1. The van der Waals surface area contributed by atoms with E-state index >= 15 is 0 Å². The summed E-state index contributed by atoms with van der Waals surface area (Å²) in [4.78, 5) is 14.1. The Morgan fingerprint density at radius 1 is 1.43 bits per heavy atom. The minimum absolute atomic E-state index is 0. The fraction of sp³-hybridized carbons (Fsp3) is 0.438. The summed E-state index contributed by atoms with van der Waals surface area (Å²) in [5.74, 6) is 0.911. The zero-order valence-corrected chi connectivity index (χ0v) is 19.7. The summed E-state index contributed by atoms with van der Waals surface area (Å²) in [7, 11) is 1.64. The third kappa shape index (κ3) is 5.49. The molecule has 1 atom stereocenters. The first-order valence-corrected chi connectivity index (χ1v) is 9.10. The van der Waals surface area contributed by atoms with Gasteiger partial charge in [0.15, 0.2) is 0 Å². The topological polar surface area (TPSA) is 38.8 Å². The number of methoxy groups -OCH3 is 1. The molecule has 0 aliphatic carbocycles. The molecule has 1 aliphatic rings. The maximum absolute atomic E-state index is 12.3. The SMILES string of the molecule is CCN1C(=O)C(I)C[C-]=C1c1ccc(OCCOC)cc1Br.[Y]. The van der Waals surface area contributed by atoms with Crippen LogP contribution < -0.4 is 4.74 Å². The Morgan fingerprint density at radius 2 is 2.17 bits per heavy atom. The van der Waals surface area contributed by atoms with Crippen molar-refractivity contribution in [3.8, 4) is 5.75 Å². The Labute approximate surface area is 184 Å². The quantitative estimate of drug-likeness (QED) is 0.228. The van der Waals surface area contributed by atoms with E-state index in [4.69, 9.17) is 9.47 Å². The monoisotopic (exact) mass is 567 g/mol. The van der Waals surface area contributed by atoms with Crippen LogP contribution in [-0.2, 0) is 42.2 Å². The molecule has 0 fully saturated rings. The van der Waals surface area contributed by atoms with Crippen molar-refractivity contribution in [1.82, 2.24) is 4.90 Å². The number of halogens is 2. The molecule has 0 spiro atoms. The van der Waals surface area contributed by atoms with Crippen LogP contribution in [-0.4, -0.2) is 41.6 Å². The van der Waals surface area contributed by atoms with Crippen molar-refractivity contribution >= 4 is 50.1 Å². The second kappa shape index (κ2) is 10.5. The molecule has 1 heterocycles. The second-order valence-corrected chi connectivity index (χ2v) is 7.12. The Hall–Kier alpha value is 0.504. The maximum atomic E-state index is 12.3. The summed E-state index contributed by atoms with van der Waals surface area (Å²) >= 11 is 5.74. The van der Waals surface area contributed by atoms with Gasteiger partial charge in [-0.05, 0) is 19.1 Å². The number of alkyl halides is 1. The average Bonchev–Trinajstić information content (AvgIpc) is 2.51. The van der Waals surface area contributed by atoms with Gasteiger partial charge in [0, 0.05) is 46.4 Å². The Kier molecular flexibility index (Phi) is 9.82. The molecule has 1 amide bonds. The molecular formula is C16H18BrINO3Y-. The average molecular weight is 568 g/mol. The van der Waals surface area contributed by atoms with Crippen molar-refractivity contribution in [1.29, 1.82) is 0 Å². The van der Waals surface area contributed by atoms with E-state index in [0.717, 1.165) is 21.5 Å². The van der Waals surface area contributed by atoms with Gasteiger partial charge >= 0.3 is 0 Å². The summed E-state index contributed by atoms with van der Waals surface area (Å²) in [6, 6.07) is 5.77. The number of carbonyl (C=O) groups is 1. The number of rotatable bonds is 6. The number of hydrogen-bond donors (Lipinski definition) is 0. The minimum Gasteiger partial charge on any atom is -0.491 e. The summed E-state index contributed by atoms with van der Waals surface area (Å²) in [6.07, 6.45) is 4.00. The zero-order valence-electron chi connectivity index (χ0n) is 13.1. The van der Waals surface area contributed by atoms with E-state index in [9.17, 15) is 4.79 Å². The van der Waals surface area contributed by atoms with Crippen LogP contribution in [0.15, 0.2) is 22.7 Å². The van der Waals surface area contributed by atoms with E-state index in [1.807, 2.05) is 25.1 Å². The van der Waals surface area contributed by atoms with Gasteiger partial charge in [0.25, 0.3) is 0 Å². The fourth-order valence-corrected chi connectivity index (χ4v) is 3.33. The number of hydrogen-bond acceptors (Lipinski definition) is 3. The van der Waals surface area contributed by atoms with E-state index in [-0.39, 0.29) is 42.5 Å². The van der Waals surface area contributed by atoms with Gasteiger partial charge in [0.05, 0.1) is 10.5 Å². The van der Waals surface area contributed by atoms with E-state index < -0.39 is 0 Å². The van der Waals surface area contributed by atoms with Gasteiger partial charge in [0.2, 0.25) is 5.91 Å². The van der Waals surface area contributed by atoms with Crippen LogP contribution in [0.25, 0.3) is 5.70 Å². The third-order valence-corrected chi connectivity index (χ3v) is 4.95. The number of nitrogens with zero attached hydrogens (tertiary/aromatic N) is 1. The predicted molar refractivity (Wildman–Crippen MR) is 98.0 cm³/mol. The second-order valence-electron chi connectivity index (χ2n) is 4.76. The Balaban J connectivity index is 0.00000264. The predicted octanol–water partition coefficient (Wildman–Crippen LogP) is 3.67. The number of allylic oxidation sites excluding steroid dienone is 1. The molecule has 2 rings (SSSR count). The van der Waals surface area contributed by atoms with Crippen molar-refractivity contribution in [2.75, 3.05) is 26.9 Å². The van der Waals surface area contributed by atoms with Crippen molar-refractivity contribution in [3.05, 3.63) is 34.3 Å². The molecule has 0 N–H and O–H groups in total. The number of carbonyl (C=O) groups excluding carboxylic acids is 1. The van der Waals surface area contributed by atoms with Crippen LogP contribution in [0.3, 0.4) is 0 Å². The molecule has 1 aromatic rings. The van der Waals surface area contributed by atoms with Crippen LogP contribution in [0, 0.1) is 6.08 Å². The molecule has 7 heteroatoms. The Morgan fingerprint density at radius 3 is 2.78 bits per heavy atom. The van der Waals surface area contributed by atoms with Crippen LogP contribution in [0.1, 0.15) is 18.9 Å². The van der Waals surface area contributed by atoms with Gasteiger partial charge in [-0.1, -0.05) is 49.4 Å². The van der Waals surface area contributed by atoms with Gasteiger partial charge in [-0.25, -0.2) is 6.08 Å². The first kappa shape index (κ1) is 21.5. The molecule has 23 heavy (non-hydrogen) atoms. The molecule has 0 saturated carbocycles. The molecule has 0 bridgehead atoms. The fourth-order valence-electron chi connectivity index (χ4n) is 2.22. The third-order valence-electron chi connectivity index (χ3n) is 3.32. The molecule has 1 aliphatic heterocycles. The van der Waals surface area contributed by atoms with Crippen LogP contribution in [0.2, 0.25) is 0 Å². The first-order chi connectivity index (χ1) is 10.6. The largest absolute Gasteiger partial charge is 0.491 e. The van der Waals surface area contributed by atoms with Crippen LogP contribution >= 0.6 is 38.5 Å².